The standard InChI is InChI=1S/C16H22N4O3S2/c1-5-11-8-12(15(22)23-7-3)14(25-11)17-13(21)9-24-16-19-18-10(4)20(16)6-2/h8H,5-7,9H2,1-4H3,(H,17,21). The first-order valence-electron chi connectivity index (χ1n) is 8.12. The average molecular weight is 383 g/mol. The number of carbonyl (C=O) groups excluding carboxylic acids is 2. The maximum atomic E-state index is 12.3. The number of rotatable bonds is 8. The predicted octanol–water partition coefficient (Wildman–Crippen LogP) is 3.14. The Labute approximate surface area is 155 Å². The molecular weight excluding hydrogens is 360 g/mol. The largest absolute Gasteiger partial charge is 0.462 e. The van der Waals surface area contributed by atoms with Crippen molar-refractivity contribution < 1.29 is 14.3 Å². The Morgan fingerprint density at radius 3 is 2.72 bits per heavy atom. The molecule has 1 N–H and O–H groups in total. The van der Waals surface area contributed by atoms with E-state index in [-0.39, 0.29) is 11.7 Å². The maximum absolute atomic E-state index is 12.3. The number of hydrogen-bond acceptors (Lipinski definition) is 7. The third-order valence-corrected chi connectivity index (χ3v) is 5.59. The number of anilines is 1. The van der Waals surface area contributed by atoms with Crippen LogP contribution in [0.4, 0.5) is 5.00 Å². The zero-order valence-corrected chi connectivity index (χ0v) is 16.4. The normalized spacial score (nSPS) is 10.7. The van der Waals surface area contributed by atoms with E-state index in [0.29, 0.717) is 22.3 Å². The summed E-state index contributed by atoms with van der Waals surface area (Å²) in [6, 6.07) is 1.78. The van der Waals surface area contributed by atoms with Crippen LogP contribution >= 0.6 is 23.1 Å². The molecule has 2 rings (SSSR count). The van der Waals surface area contributed by atoms with E-state index in [0.717, 1.165) is 23.7 Å². The summed E-state index contributed by atoms with van der Waals surface area (Å²) in [7, 11) is 0. The molecule has 25 heavy (non-hydrogen) atoms. The highest BCUT2D eigenvalue weighted by atomic mass is 32.2. The highest BCUT2D eigenvalue weighted by molar-refractivity contribution is 7.99. The van der Waals surface area contributed by atoms with E-state index in [9.17, 15) is 9.59 Å². The smallest absolute Gasteiger partial charge is 0.341 e. The number of esters is 1. The van der Waals surface area contributed by atoms with Gasteiger partial charge in [0.2, 0.25) is 5.91 Å². The predicted molar refractivity (Wildman–Crippen MR) is 99.4 cm³/mol. The number of ether oxygens (including phenoxy) is 1. The average Bonchev–Trinajstić information content (AvgIpc) is 3.16. The minimum absolute atomic E-state index is 0.191. The van der Waals surface area contributed by atoms with Gasteiger partial charge in [0, 0.05) is 11.4 Å². The van der Waals surface area contributed by atoms with Gasteiger partial charge in [-0.2, -0.15) is 0 Å². The molecule has 0 unspecified atom stereocenters. The Bertz CT molecular complexity index is 755. The molecule has 136 valence electrons. The SMILES string of the molecule is CCOC(=O)c1cc(CC)sc1NC(=O)CSc1nnc(C)n1CC. The lowest BCUT2D eigenvalue weighted by molar-refractivity contribution is -0.113. The van der Waals surface area contributed by atoms with Gasteiger partial charge >= 0.3 is 5.97 Å². The number of aromatic nitrogens is 3. The van der Waals surface area contributed by atoms with E-state index in [2.05, 4.69) is 15.5 Å². The molecular formula is C16H22N4O3S2. The quantitative estimate of drug-likeness (QED) is 0.558. The molecule has 0 aromatic carbocycles. The molecule has 9 heteroatoms. The first-order chi connectivity index (χ1) is 12.0. The van der Waals surface area contributed by atoms with Crippen LogP contribution in [-0.2, 0) is 22.5 Å². The molecule has 2 aromatic heterocycles. The zero-order valence-electron chi connectivity index (χ0n) is 14.8. The Hall–Kier alpha value is -1.87. The first kappa shape index (κ1) is 19.5. The molecule has 0 fully saturated rings. The second-order valence-electron chi connectivity index (χ2n) is 5.14. The molecule has 0 spiro atoms. The van der Waals surface area contributed by atoms with Crippen molar-refractivity contribution in [2.75, 3.05) is 17.7 Å². The Morgan fingerprint density at radius 2 is 2.08 bits per heavy atom. The molecule has 0 radical (unpaired) electrons. The summed E-state index contributed by atoms with van der Waals surface area (Å²) in [4.78, 5) is 25.4. The van der Waals surface area contributed by atoms with Crippen molar-refractivity contribution in [3.8, 4) is 0 Å². The summed E-state index contributed by atoms with van der Waals surface area (Å²) in [5.74, 6) is 0.409. The fraction of sp³-hybridized carbons (Fsp3) is 0.500. The van der Waals surface area contributed by atoms with E-state index in [1.54, 1.807) is 13.0 Å². The zero-order chi connectivity index (χ0) is 18.4. The van der Waals surface area contributed by atoms with Crippen molar-refractivity contribution >= 4 is 40.0 Å². The van der Waals surface area contributed by atoms with Crippen molar-refractivity contribution in [3.05, 3.63) is 22.3 Å². The van der Waals surface area contributed by atoms with E-state index >= 15 is 0 Å². The topological polar surface area (TPSA) is 86.1 Å². The van der Waals surface area contributed by atoms with Crippen LogP contribution in [-0.4, -0.2) is 39.0 Å². The number of amides is 1. The van der Waals surface area contributed by atoms with Crippen molar-refractivity contribution in [3.63, 3.8) is 0 Å². The molecule has 0 aliphatic carbocycles. The van der Waals surface area contributed by atoms with Gasteiger partial charge in [-0.25, -0.2) is 4.79 Å². The third-order valence-electron chi connectivity index (χ3n) is 3.43. The molecule has 7 nitrogen and oxygen atoms in total. The van der Waals surface area contributed by atoms with Gasteiger partial charge in [0.15, 0.2) is 5.16 Å². The fourth-order valence-corrected chi connectivity index (χ4v) is 4.04. The van der Waals surface area contributed by atoms with E-state index < -0.39 is 5.97 Å². The van der Waals surface area contributed by atoms with Gasteiger partial charge < -0.3 is 14.6 Å². The van der Waals surface area contributed by atoms with Crippen molar-refractivity contribution in [1.82, 2.24) is 14.8 Å². The first-order valence-corrected chi connectivity index (χ1v) is 9.92. The molecule has 0 atom stereocenters. The fourth-order valence-electron chi connectivity index (χ4n) is 2.19. The van der Waals surface area contributed by atoms with Crippen LogP contribution < -0.4 is 5.32 Å². The summed E-state index contributed by atoms with van der Waals surface area (Å²) in [6.07, 6.45) is 0.792. The van der Waals surface area contributed by atoms with Crippen LogP contribution in [0.25, 0.3) is 0 Å². The highest BCUT2D eigenvalue weighted by Gasteiger charge is 2.19. The van der Waals surface area contributed by atoms with E-state index in [1.807, 2.05) is 25.3 Å². The summed E-state index contributed by atoms with van der Waals surface area (Å²) in [5, 5.41) is 12.2. The number of aryl methyl sites for hydroxylation is 2. The summed E-state index contributed by atoms with van der Waals surface area (Å²) >= 11 is 2.72. The van der Waals surface area contributed by atoms with Crippen LogP contribution in [0.2, 0.25) is 0 Å². The van der Waals surface area contributed by atoms with Crippen molar-refractivity contribution in [1.29, 1.82) is 0 Å². The number of nitrogens with zero attached hydrogens (tertiary/aromatic N) is 3. The second kappa shape index (κ2) is 9.00. The molecule has 0 aliphatic heterocycles. The van der Waals surface area contributed by atoms with Crippen molar-refractivity contribution in [2.24, 2.45) is 0 Å². The van der Waals surface area contributed by atoms with Crippen LogP contribution in [0, 0.1) is 6.92 Å². The van der Waals surface area contributed by atoms with Gasteiger partial charge in [-0.05, 0) is 33.3 Å². The monoisotopic (exact) mass is 382 g/mol. The van der Waals surface area contributed by atoms with Crippen LogP contribution in [0.3, 0.4) is 0 Å². The van der Waals surface area contributed by atoms with E-state index in [1.165, 1.54) is 23.1 Å². The summed E-state index contributed by atoms with van der Waals surface area (Å²) in [6.45, 7) is 8.69. The number of nitrogens with one attached hydrogen (secondary N) is 1. The molecule has 0 bridgehead atoms. The Balaban J connectivity index is 2.04. The summed E-state index contributed by atoms with van der Waals surface area (Å²) < 4.78 is 7.01. The van der Waals surface area contributed by atoms with Gasteiger partial charge in [-0.15, -0.1) is 21.5 Å². The molecule has 0 aliphatic rings. The molecule has 2 aromatic rings. The maximum Gasteiger partial charge on any atom is 0.341 e. The number of thiophene rings is 1. The van der Waals surface area contributed by atoms with Gasteiger partial charge in [-0.3, -0.25) is 4.79 Å². The van der Waals surface area contributed by atoms with Gasteiger partial charge in [0.25, 0.3) is 0 Å². The van der Waals surface area contributed by atoms with Gasteiger partial charge in [0.05, 0.1) is 17.9 Å². The molecule has 1 amide bonds. The minimum atomic E-state index is -0.414. The highest BCUT2D eigenvalue weighted by Crippen LogP contribution is 2.29. The molecule has 2 heterocycles. The van der Waals surface area contributed by atoms with Crippen LogP contribution in [0.5, 0.6) is 0 Å². The lowest BCUT2D eigenvalue weighted by atomic mass is 10.2. The Morgan fingerprint density at radius 1 is 1.32 bits per heavy atom. The minimum Gasteiger partial charge on any atom is -0.462 e. The Kier molecular flexibility index (Phi) is 7.01. The second-order valence-corrected chi connectivity index (χ2v) is 7.22. The summed E-state index contributed by atoms with van der Waals surface area (Å²) in [5.41, 5.74) is 0.412. The lowest BCUT2D eigenvalue weighted by Crippen LogP contribution is -2.16. The van der Waals surface area contributed by atoms with Gasteiger partial charge in [0.1, 0.15) is 10.8 Å². The van der Waals surface area contributed by atoms with Crippen LogP contribution in [0.1, 0.15) is 41.8 Å². The van der Waals surface area contributed by atoms with Crippen molar-refractivity contribution in [2.45, 2.75) is 45.8 Å². The third kappa shape index (κ3) is 4.82. The lowest BCUT2D eigenvalue weighted by Gasteiger charge is -2.07. The van der Waals surface area contributed by atoms with Crippen LogP contribution in [0.15, 0.2) is 11.2 Å². The molecule has 0 saturated heterocycles. The number of thioether (sulfide) groups is 1. The van der Waals surface area contributed by atoms with E-state index in [4.69, 9.17) is 4.74 Å². The van der Waals surface area contributed by atoms with Gasteiger partial charge in [-0.1, -0.05) is 18.7 Å². The molecule has 0 saturated carbocycles. The number of carbonyl (C=O) groups is 2. The number of hydrogen-bond donors (Lipinski definition) is 1.